The van der Waals surface area contributed by atoms with E-state index in [0.717, 1.165) is 67.8 Å². The van der Waals surface area contributed by atoms with Crippen LogP contribution >= 0.6 is 12.4 Å². The van der Waals surface area contributed by atoms with Gasteiger partial charge in [-0.3, -0.25) is 4.40 Å². The predicted octanol–water partition coefficient (Wildman–Crippen LogP) is 4.84. The van der Waals surface area contributed by atoms with Gasteiger partial charge in [0.2, 0.25) is 0 Å². The maximum Gasteiger partial charge on any atom is 0.157 e. The average Bonchev–Trinajstić information content (AvgIpc) is 3.40. The molecule has 2 saturated heterocycles. The van der Waals surface area contributed by atoms with Gasteiger partial charge in [-0.1, -0.05) is 19.1 Å². The molecule has 5 nitrogen and oxygen atoms in total. The Hall–Kier alpha value is -2.29. The van der Waals surface area contributed by atoms with Crippen molar-refractivity contribution in [2.45, 2.75) is 44.9 Å². The van der Waals surface area contributed by atoms with Gasteiger partial charge in [0.25, 0.3) is 0 Å². The molecule has 4 heterocycles. The fourth-order valence-electron chi connectivity index (χ4n) is 5.09. The molecule has 2 fully saturated rings. The van der Waals surface area contributed by atoms with Gasteiger partial charge in [0, 0.05) is 26.3 Å². The lowest BCUT2D eigenvalue weighted by atomic mass is 9.84. The minimum absolute atomic E-state index is 0. The Morgan fingerprint density at radius 3 is 2.59 bits per heavy atom. The number of anilines is 1. The molecule has 2 aromatic heterocycles. The van der Waals surface area contributed by atoms with E-state index in [4.69, 9.17) is 9.72 Å². The van der Waals surface area contributed by atoms with E-state index in [1.807, 2.05) is 6.07 Å². The van der Waals surface area contributed by atoms with Crippen molar-refractivity contribution in [3.63, 3.8) is 0 Å². The van der Waals surface area contributed by atoms with Gasteiger partial charge < -0.3 is 9.64 Å². The third kappa shape index (κ3) is 3.15. The third-order valence-electron chi connectivity index (χ3n) is 6.36. The first-order valence-electron chi connectivity index (χ1n) is 10.5. The van der Waals surface area contributed by atoms with Gasteiger partial charge in [0.15, 0.2) is 5.65 Å². The van der Waals surface area contributed by atoms with Crippen LogP contribution in [-0.4, -0.2) is 35.7 Å². The number of pyridine rings is 1. The molecule has 6 heteroatoms. The maximum atomic E-state index is 10.2. The summed E-state index contributed by atoms with van der Waals surface area (Å²) in [6.07, 6.45) is 5.35. The highest BCUT2D eigenvalue weighted by Crippen LogP contribution is 2.41. The Labute approximate surface area is 177 Å². The van der Waals surface area contributed by atoms with Crippen molar-refractivity contribution in [3.8, 4) is 6.07 Å². The number of rotatable bonds is 3. The zero-order chi connectivity index (χ0) is 19.1. The minimum atomic E-state index is 0. The smallest absolute Gasteiger partial charge is 0.157 e. The lowest BCUT2D eigenvalue weighted by Crippen LogP contribution is -2.25. The maximum absolute atomic E-state index is 10.2. The van der Waals surface area contributed by atoms with E-state index in [1.54, 1.807) is 0 Å². The molecular formula is C23H27ClN4O. The number of para-hydroxylation sites is 2. The summed E-state index contributed by atoms with van der Waals surface area (Å²) in [6.45, 7) is 5.93. The van der Waals surface area contributed by atoms with Crippen LogP contribution in [0.15, 0.2) is 24.3 Å². The number of hydrogen-bond donors (Lipinski definition) is 0. The Morgan fingerprint density at radius 1 is 1.17 bits per heavy atom. The summed E-state index contributed by atoms with van der Waals surface area (Å²) in [5.41, 5.74) is 6.22. The zero-order valence-electron chi connectivity index (χ0n) is 16.9. The van der Waals surface area contributed by atoms with Crippen LogP contribution < -0.4 is 4.90 Å². The van der Waals surface area contributed by atoms with Gasteiger partial charge in [-0.15, -0.1) is 12.4 Å². The van der Waals surface area contributed by atoms with Gasteiger partial charge in [0.05, 0.1) is 16.6 Å². The van der Waals surface area contributed by atoms with Gasteiger partial charge in [0.1, 0.15) is 11.9 Å². The molecule has 29 heavy (non-hydrogen) atoms. The Kier molecular flexibility index (Phi) is 5.67. The third-order valence-corrected chi connectivity index (χ3v) is 6.36. The van der Waals surface area contributed by atoms with Crippen LogP contribution in [0.2, 0.25) is 0 Å². The molecule has 0 bridgehead atoms. The molecule has 0 radical (unpaired) electrons. The molecule has 0 saturated carbocycles. The molecule has 0 spiro atoms. The fourth-order valence-corrected chi connectivity index (χ4v) is 5.09. The van der Waals surface area contributed by atoms with Gasteiger partial charge in [-0.05, 0) is 61.3 Å². The lowest BCUT2D eigenvalue weighted by molar-refractivity contribution is 0.0851. The molecule has 3 aromatic rings. The highest BCUT2D eigenvalue weighted by Gasteiger charge is 2.30. The van der Waals surface area contributed by atoms with Crippen LogP contribution in [0, 0.1) is 11.3 Å². The molecule has 152 valence electrons. The van der Waals surface area contributed by atoms with Crippen molar-refractivity contribution in [1.29, 1.82) is 5.26 Å². The molecule has 2 aliphatic rings. The Morgan fingerprint density at radius 2 is 1.90 bits per heavy atom. The van der Waals surface area contributed by atoms with E-state index in [2.05, 4.69) is 40.5 Å². The number of imidazole rings is 1. The Bertz CT molecular complexity index is 1070. The van der Waals surface area contributed by atoms with Crippen LogP contribution in [0.3, 0.4) is 0 Å². The van der Waals surface area contributed by atoms with Crippen molar-refractivity contribution in [2.24, 2.45) is 0 Å². The summed E-state index contributed by atoms with van der Waals surface area (Å²) in [5.74, 6) is 1.65. The van der Waals surface area contributed by atoms with E-state index >= 15 is 0 Å². The highest BCUT2D eigenvalue weighted by molar-refractivity contribution is 5.86. The number of benzene rings is 1. The monoisotopic (exact) mass is 410 g/mol. The van der Waals surface area contributed by atoms with Crippen LogP contribution in [0.5, 0.6) is 0 Å². The second-order valence-electron chi connectivity index (χ2n) is 7.90. The van der Waals surface area contributed by atoms with Crippen molar-refractivity contribution in [3.05, 3.63) is 41.0 Å². The topological polar surface area (TPSA) is 53.6 Å². The van der Waals surface area contributed by atoms with Crippen molar-refractivity contribution in [2.75, 3.05) is 31.2 Å². The quantitative estimate of drug-likeness (QED) is 0.620. The van der Waals surface area contributed by atoms with Gasteiger partial charge >= 0.3 is 0 Å². The number of nitriles is 1. The van der Waals surface area contributed by atoms with Gasteiger partial charge in [-0.2, -0.15) is 5.26 Å². The first-order chi connectivity index (χ1) is 13.8. The van der Waals surface area contributed by atoms with E-state index < -0.39 is 0 Å². The summed E-state index contributed by atoms with van der Waals surface area (Å²) >= 11 is 0. The molecule has 2 aliphatic heterocycles. The molecule has 5 rings (SSSR count). The van der Waals surface area contributed by atoms with Gasteiger partial charge in [-0.25, -0.2) is 4.98 Å². The lowest BCUT2D eigenvalue weighted by Gasteiger charge is -2.30. The van der Waals surface area contributed by atoms with Crippen molar-refractivity contribution < 1.29 is 4.74 Å². The van der Waals surface area contributed by atoms with Crippen molar-refractivity contribution >= 4 is 34.9 Å². The standard InChI is InChI=1S/C23H26N4O.ClH/c1-2-17-21(16-9-13-28-14-10-16)18(15-24)22-25-19-7-3-4-8-20(19)27(22)23(17)26-11-5-6-12-26;/h3-4,7-8,16H,2,5-6,9-14H2,1H3;1H. The Balaban J connectivity index is 0.00000205. The molecule has 0 aliphatic carbocycles. The molecule has 1 aromatic carbocycles. The van der Waals surface area contributed by atoms with Crippen molar-refractivity contribution in [1.82, 2.24) is 9.38 Å². The van der Waals surface area contributed by atoms with E-state index in [0.29, 0.717) is 5.92 Å². The predicted molar refractivity (Wildman–Crippen MR) is 118 cm³/mol. The zero-order valence-corrected chi connectivity index (χ0v) is 17.7. The summed E-state index contributed by atoms with van der Waals surface area (Å²) in [6, 6.07) is 10.8. The first kappa shape index (κ1) is 20.0. The fraction of sp³-hybridized carbons (Fsp3) is 0.478. The largest absolute Gasteiger partial charge is 0.381 e. The van der Waals surface area contributed by atoms with Crippen LogP contribution in [0.4, 0.5) is 5.82 Å². The first-order valence-corrected chi connectivity index (χ1v) is 10.5. The number of halogens is 1. The molecule has 0 unspecified atom stereocenters. The van der Waals surface area contributed by atoms with Crippen LogP contribution in [0.25, 0.3) is 16.7 Å². The highest BCUT2D eigenvalue weighted by atomic mass is 35.5. The summed E-state index contributed by atoms with van der Waals surface area (Å²) in [5, 5.41) is 10.2. The molecular weight excluding hydrogens is 384 g/mol. The molecule has 0 atom stereocenters. The normalized spacial score (nSPS) is 17.6. The minimum Gasteiger partial charge on any atom is -0.381 e. The number of fused-ring (bicyclic) bond motifs is 3. The van der Waals surface area contributed by atoms with Crippen LogP contribution in [-0.2, 0) is 11.2 Å². The van der Waals surface area contributed by atoms with E-state index in [9.17, 15) is 5.26 Å². The van der Waals surface area contributed by atoms with E-state index in [1.165, 1.54) is 29.8 Å². The molecule has 0 amide bonds. The van der Waals surface area contributed by atoms with Crippen LogP contribution in [0.1, 0.15) is 55.2 Å². The number of aromatic nitrogens is 2. The SMILES string of the molecule is CCc1c(C2CCOCC2)c(C#N)c2nc3ccccc3n2c1N1CCCC1.Cl. The van der Waals surface area contributed by atoms with E-state index in [-0.39, 0.29) is 12.4 Å². The summed E-state index contributed by atoms with van der Waals surface area (Å²) in [4.78, 5) is 7.45. The summed E-state index contributed by atoms with van der Waals surface area (Å²) < 4.78 is 7.88. The second kappa shape index (κ2) is 8.22. The number of hydrogen-bond acceptors (Lipinski definition) is 4. The average molecular weight is 411 g/mol. The number of nitrogens with zero attached hydrogens (tertiary/aromatic N) is 4. The number of ether oxygens (including phenoxy) is 1. The molecule has 0 N–H and O–H groups in total. The second-order valence-corrected chi connectivity index (χ2v) is 7.90. The summed E-state index contributed by atoms with van der Waals surface area (Å²) in [7, 11) is 0.